The third-order valence-electron chi connectivity index (χ3n) is 3.10. The Morgan fingerprint density at radius 1 is 1.00 bits per heavy atom. The maximum absolute atomic E-state index is 12.4. The first kappa shape index (κ1) is 16.5. The summed E-state index contributed by atoms with van der Waals surface area (Å²) in [6.45, 7) is 0. The van der Waals surface area contributed by atoms with Gasteiger partial charge in [-0.05, 0) is 24.3 Å². The second kappa shape index (κ2) is 5.95. The molecule has 3 rings (SSSR count). The first-order chi connectivity index (χ1) is 10.8. The van der Waals surface area contributed by atoms with Gasteiger partial charge in [0.25, 0.3) is 9.70 Å². The molecule has 0 aromatic heterocycles. The van der Waals surface area contributed by atoms with Gasteiger partial charge in [-0.1, -0.05) is 64.6 Å². The molecule has 0 radical (unpaired) electrons. The first-order valence-corrected chi connectivity index (χ1v) is 7.94. The van der Waals surface area contributed by atoms with Crippen LogP contribution >= 0.6 is 46.4 Å². The SMILES string of the molecule is O=C(NC1(C(Cl)(Cl)Cl)Oc2ccc(Cl)cc2O1)c1ccccc1. The van der Waals surface area contributed by atoms with Crippen LogP contribution in [-0.4, -0.2) is 15.6 Å². The second-order valence-corrected chi connectivity index (χ2v) is 7.45. The highest BCUT2D eigenvalue weighted by molar-refractivity contribution is 6.68. The van der Waals surface area contributed by atoms with Crippen LogP contribution in [0.3, 0.4) is 0 Å². The summed E-state index contributed by atoms with van der Waals surface area (Å²) in [6.07, 6.45) is 0. The number of nitrogens with one attached hydrogen (secondary N) is 1. The molecule has 0 aliphatic carbocycles. The van der Waals surface area contributed by atoms with Crippen molar-refractivity contribution < 1.29 is 14.3 Å². The largest absolute Gasteiger partial charge is 0.428 e. The molecular formula is C15H9Cl4NO3. The van der Waals surface area contributed by atoms with E-state index in [1.54, 1.807) is 42.5 Å². The zero-order valence-electron chi connectivity index (χ0n) is 11.4. The molecule has 1 aliphatic heterocycles. The van der Waals surface area contributed by atoms with E-state index in [2.05, 4.69) is 5.32 Å². The molecule has 0 bridgehead atoms. The lowest BCUT2D eigenvalue weighted by molar-refractivity contribution is -0.0953. The fraction of sp³-hybridized carbons (Fsp3) is 0.133. The van der Waals surface area contributed by atoms with E-state index in [4.69, 9.17) is 55.9 Å². The Kier molecular flexibility index (Phi) is 4.27. The number of ether oxygens (including phenoxy) is 2. The van der Waals surface area contributed by atoms with Crippen molar-refractivity contribution in [2.24, 2.45) is 0 Å². The third kappa shape index (κ3) is 3.17. The van der Waals surface area contributed by atoms with Crippen LogP contribution in [-0.2, 0) is 0 Å². The van der Waals surface area contributed by atoms with E-state index in [1.165, 1.54) is 6.07 Å². The molecule has 120 valence electrons. The Balaban J connectivity index is 1.93. The van der Waals surface area contributed by atoms with Crippen LogP contribution in [0.4, 0.5) is 0 Å². The van der Waals surface area contributed by atoms with Gasteiger partial charge in [0.05, 0.1) is 0 Å². The average molecular weight is 393 g/mol. The number of amides is 1. The Bertz CT molecular complexity index is 748. The van der Waals surface area contributed by atoms with E-state index < -0.39 is 15.6 Å². The Morgan fingerprint density at radius 2 is 1.65 bits per heavy atom. The Morgan fingerprint density at radius 3 is 2.30 bits per heavy atom. The van der Waals surface area contributed by atoms with Gasteiger partial charge in [0.2, 0.25) is 0 Å². The van der Waals surface area contributed by atoms with Crippen LogP contribution in [0.2, 0.25) is 5.02 Å². The molecule has 1 N–H and O–H groups in total. The highest BCUT2D eigenvalue weighted by atomic mass is 35.6. The minimum absolute atomic E-state index is 0.261. The van der Waals surface area contributed by atoms with Gasteiger partial charge in [0, 0.05) is 16.7 Å². The molecule has 0 spiro atoms. The van der Waals surface area contributed by atoms with E-state index in [0.29, 0.717) is 16.3 Å². The number of benzene rings is 2. The number of hydrogen-bond donors (Lipinski definition) is 1. The topological polar surface area (TPSA) is 47.6 Å². The molecule has 0 fully saturated rings. The molecule has 1 aliphatic rings. The number of carbonyl (C=O) groups excluding carboxylic acids is 1. The van der Waals surface area contributed by atoms with Gasteiger partial charge in [0.15, 0.2) is 11.5 Å². The van der Waals surface area contributed by atoms with Gasteiger partial charge in [0.1, 0.15) is 0 Å². The number of alkyl halides is 3. The minimum atomic E-state index is -2.09. The standard InChI is InChI=1S/C15H9Cl4NO3/c16-10-6-7-11-12(8-10)23-15(22-11,14(17,18)19)20-13(21)9-4-2-1-3-5-9/h1-8H,(H,20,21). The summed E-state index contributed by atoms with van der Waals surface area (Å²) in [5, 5.41) is 2.91. The van der Waals surface area contributed by atoms with E-state index >= 15 is 0 Å². The molecule has 2 aromatic carbocycles. The summed E-state index contributed by atoms with van der Waals surface area (Å²) in [6, 6.07) is 13.1. The molecular weight excluding hydrogens is 384 g/mol. The fourth-order valence-corrected chi connectivity index (χ4v) is 2.56. The number of hydrogen-bond acceptors (Lipinski definition) is 3. The summed E-state index contributed by atoms with van der Waals surface area (Å²) in [5.74, 6) is -1.96. The molecule has 0 saturated heterocycles. The lowest BCUT2D eigenvalue weighted by Gasteiger charge is -2.33. The van der Waals surface area contributed by atoms with Crippen molar-refractivity contribution in [3.8, 4) is 11.5 Å². The lowest BCUT2D eigenvalue weighted by atomic mass is 10.2. The quantitative estimate of drug-likeness (QED) is 0.761. The summed E-state index contributed by atoms with van der Waals surface area (Å²) in [5.41, 5.74) is 0.363. The summed E-state index contributed by atoms with van der Waals surface area (Å²) >= 11 is 23.9. The predicted octanol–water partition coefficient (Wildman–Crippen LogP) is 4.57. The fourth-order valence-electron chi connectivity index (χ4n) is 2.03. The molecule has 4 nitrogen and oxygen atoms in total. The number of halogens is 4. The summed E-state index contributed by atoms with van der Waals surface area (Å²) in [7, 11) is 0. The summed E-state index contributed by atoms with van der Waals surface area (Å²) in [4.78, 5) is 12.4. The molecule has 8 heteroatoms. The van der Waals surface area contributed by atoms with Crippen LogP contribution in [0.15, 0.2) is 48.5 Å². The zero-order chi connectivity index (χ0) is 16.7. The van der Waals surface area contributed by atoms with Crippen molar-refractivity contribution in [1.82, 2.24) is 5.32 Å². The minimum Gasteiger partial charge on any atom is -0.428 e. The van der Waals surface area contributed by atoms with Crippen LogP contribution in [0.5, 0.6) is 11.5 Å². The Labute approximate surface area is 152 Å². The van der Waals surface area contributed by atoms with Crippen LogP contribution in [0, 0.1) is 0 Å². The van der Waals surface area contributed by atoms with Gasteiger partial charge in [-0.15, -0.1) is 0 Å². The highest BCUT2D eigenvalue weighted by Crippen LogP contribution is 2.49. The maximum atomic E-state index is 12.4. The van der Waals surface area contributed by atoms with E-state index in [0.717, 1.165) is 0 Å². The molecule has 1 amide bonds. The van der Waals surface area contributed by atoms with E-state index in [1.807, 2.05) is 0 Å². The summed E-state index contributed by atoms with van der Waals surface area (Å²) < 4.78 is 9.10. The molecule has 1 heterocycles. The van der Waals surface area contributed by atoms with Crippen molar-refractivity contribution in [3.63, 3.8) is 0 Å². The van der Waals surface area contributed by atoms with Crippen LogP contribution < -0.4 is 14.8 Å². The van der Waals surface area contributed by atoms with Crippen molar-refractivity contribution in [1.29, 1.82) is 0 Å². The normalized spacial score (nSPS) is 19.5. The third-order valence-corrected chi connectivity index (χ3v) is 4.08. The first-order valence-electron chi connectivity index (χ1n) is 6.43. The highest BCUT2D eigenvalue weighted by Gasteiger charge is 2.59. The van der Waals surface area contributed by atoms with Crippen LogP contribution in [0.1, 0.15) is 10.4 Å². The smallest absolute Gasteiger partial charge is 0.388 e. The van der Waals surface area contributed by atoms with Crippen molar-refractivity contribution in [3.05, 3.63) is 59.1 Å². The number of fused-ring (bicyclic) bond motifs is 1. The van der Waals surface area contributed by atoms with Gasteiger partial charge in [-0.2, -0.15) is 0 Å². The van der Waals surface area contributed by atoms with Gasteiger partial charge < -0.3 is 9.47 Å². The van der Waals surface area contributed by atoms with Crippen molar-refractivity contribution in [2.45, 2.75) is 9.70 Å². The molecule has 23 heavy (non-hydrogen) atoms. The molecule has 2 aromatic rings. The second-order valence-electron chi connectivity index (χ2n) is 4.73. The zero-order valence-corrected chi connectivity index (χ0v) is 14.4. The van der Waals surface area contributed by atoms with Crippen LogP contribution in [0.25, 0.3) is 0 Å². The molecule has 1 atom stereocenters. The average Bonchev–Trinajstić information content (AvgIpc) is 2.86. The molecule has 0 saturated carbocycles. The van der Waals surface area contributed by atoms with Crippen molar-refractivity contribution in [2.75, 3.05) is 0 Å². The molecule has 1 unspecified atom stereocenters. The van der Waals surface area contributed by atoms with Gasteiger partial charge in [-0.3, -0.25) is 10.1 Å². The van der Waals surface area contributed by atoms with E-state index in [-0.39, 0.29) is 5.75 Å². The Hall–Kier alpha value is -1.33. The van der Waals surface area contributed by atoms with Crippen molar-refractivity contribution >= 4 is 52.3 Å². The van der Waals surface area contributed by atoms with Gasteiger partial charge >= 0.3 is 5.91 Å². The van der Waals surface area contributed by atoms with Gasteiger partial charge in [-0.25, -0.2) is 0 Å². The van der Waals surface area contributed by atoms with E-state index in [9.17, 15) is 4.79 Å². The maximum Gasteiger partial charge on any atom is 0.388 e. The monoisotopic (exact) mass is 391 g/mol. The number of carbonyl (C=O) groups is 1. The predicted molar refractivity (Wildman–Crippen MR) is 89.6 cm³/mol. The number of rotatable bonds is 2. The lowest BCUT2D eigenvalue weighted by Crippen LogP contribution is -2.63.